The van der Waals surface area contributed by atoms with Gasteiger partial charge in [0.25, 0.3) is 0 Å². The molecule has 0 saturated carbocycles. The summed E-state index contributed by atoms with van der Waals surface area (Å²) in [6, 6.07) is 10.8. The van der Waals surface area contributed by atoms with Gasteiger partial charge in [-0.3, -0.25) is 4.79 Å². The molecule has 0 spiro atoms. The van der Waals surface area contributed by atoms with Gasteiger partial charge in [0.2, 0.25) is 5.91 Å². The predicted octanol–water partition coefficient (Wildman–Crippen LogP) is 2.94. The van der Waals surface area contributed by atoms with Crippen LogP contribution in [-0.2, 0) is 11.2 Å². The summed E-state index contributed by atoms with van der Waals surface area (Å²) in [7, 11) is 1.88. The van der Waals surface area contributed by atoms with E-state index in [1.54, 1.807) is 0 Å². The zero-order chi connectivity index (χ0) is 15.0. The van der Waals surface area contributed by atoms with Crippen molar-refractivity contribution in [3.05, 3.63) is 64.5 Å². The number of rotatable bonds is 3. The maximum atomic E-state index is 13.3. The van der Waals surface area contributed by atoms with Gasteiger partial charge in [-0.1, -0.05) is 18.2 Å². The molecule has 21 heavy (non-hydrogen) atoms. The molecule has 0 saturated heterocycles. The SMILES string of the molecule is CNC(c1ccc2c(c1)CC(=O)N2)c1ccc(F)cc1C. The van der Waals surface area contributed by atoms with E-state index in [2.05, 4.69) is 10.6 Å². The molecule has 2 N–H and O–H groups in total. The van der Waals surface area contributed by atoms with E-state index in [4.69, 9.17) is 0 Å². The fourth-order valence-electron chi connectivity index (χ4n) is 2.89. The number of hydrogen-bond donors (Lipinski definition) is 2. The van der Waals surface area contributed by atoms with Crippen molar-refractivity contribution in [2.24, 2.45) is 0 Å². The number of halogens is 1. The maximum Gasteiger partial charge on any atom is 0.228 e. The molecule has 1 amide bonds. The van der Waals surface area contributed by atoms with Crippen molar-refractivity contribution < 1.29 is 9.18 Å². The van der Waals surface area contributed by atoms with Gasteiger partial charge in [-0.15, -0.1) is 0 Å². The highest BCUT2D eigenvalue weighted by Gasteiger charge is 2.21. The first-order valence-electron chi connectivity index (χ1n) is 6.94. The molecular weight excluding hydrogens is 267 g/mol. The third kappa shape index (κ3) is 2.54. The number of carbonyl (C=O) groups excluding carboxylic acids is 1. The van der Waals surface area contributed by atoms with Crippen LogP contribution < -0.4 is 10.6 Å². The molecule has 0 fully saturated rings. The van der Waals surface area contributed by atoms with Crippen molar-refractivity contribution in [3.63, 3.8) is 0 Å². The fraction of sp³-hybridized carbons (Fsp3) is 0.235. The second-order valence-corrected chi connectivity index (χ2v) is 5.36. The van der Waals surface area contributed by atoms with Gasteiger partial charge in [0.1, 0.15) is 5.82 Å². The summed E-state index contributed by atoms with van der Waals surface area (Å²) in [5.41, 5.74) is 4.91. The third-order valence-electron chi connectivity index (χ3n) is 3.92. The quantitative estimate of drug-likeness (QED) is 0.910. The van der Waals surface area contributed by atoms with E-state index in [0.717, 1.165) is 27.9 Å². The molecule has 1 aliphatic heterocycles. The fourth-order valence-corrected chi connectivity index (χ4v) is 2.89. The van der Waals surface area contributed by atoms with Gasteiger partial charge in [-0.25, -0.2) is 4.39 Å². The lowest BCUT2D eigenvalue weighted by molar-refractivity contribution is -0.115. The summed E-state index contributed by atoms with van der Waals surface area (Å²) in [5, 5.41) is 6.10. The molecule has 4 heteroatoms. The second kappa shape index (κ2) is 5.30. The van der Waals surface area contributed by atoms with E-state index in [1.807, 2.05) is 38.2 Å². The van der Waals surface area contributed by atoms with Crippen molar-refractivity contribution in [2.75, 3.05) is 12.4 Å². The van der Waals surface area contributed by atoms with Crippen LogP contribution in [0.1, 0.15) is 28.3 Å². The molecular formula is C17H17FN2O. The molecule has 1 unspecified atom stereocenters. The number of benzene rings is 2. The molecule has 1 aliphatic rings. The van der Waals surface area contributed by atoms with Crippen LogP contribution in [0.3, 0.4) is 0 Å². The third-order valence-corrected chi connectivity index (χ3v) is 3.92. The number of nitrogens with one attached hydrogen (secondary N) is 2. The Labute approximate surface area is 123 Å². The van der Waals surface area contributed by atoms with Crippen LogP contribution >= 0.6 is 0 Å². The zero-order valence-electron chi connectivity index (χ0n) is 12.0. The Hall–Kier alpha value is -2.20. The lowest BCUT2D eigenvalue weighted by atomic mass is 9.93. The van der Waals surface area contributed by atoms with Crippen LogP contribution in [0.2, 0.25) is 0 Å². The van der Waals surface area contributed by atoms with Gasteiger partial charge in [-0.05, 0) is 54.4 Å². The summed E-state index contributed by atoms with van der Waals surface area (Å²) in [5.74, 6) is -0.198. The summed E-state index contributed by atoms with van der Waals surface area (Å²) < 4.78 is 13.3. The maximum absolute atomic E-state index is 13.3. The summed E-state index contributed by atoms with van der Waals surface area (Å²) in [4.78, 5) is 11.4. The minimum atomic E-state index is -0.227. The minimum absolute atomic E-state index is 0.0217. The van der Waals surface area contributed by atoms with Crippen molar-refractivity contribution >= 4 is 11.6 Å². The van der Waals surface area contributed by atoms with E-state index in [0.29, 0.717) is 6.42 Å². The molecule has 0 bridgehead atoms. The highest BCUT2D eigenvalue weighted by molar-refractivity contribution is 5.99. The van der Waals surface area contributed by atoms with Crippen LogP contribution in [0.4, 0.5) is 10.1 Å². The van der Waals surface area contributed by atoms with E-state index in [1.165, 1.54) is 12.1 Å². The molecule has 0 aromatic heterocycles. The molecule has 2 aromatic rings. The molecule has 2 aromatic carbocycles. The molecule has 1 atom stereocenters. The van der Waals surface area contributed by atoms with Gasteiger partial charge < -0.3 is 10.6 Å². The van der Waals surface area contributed by atoms with E-state index < -0.39 is 0 Å². The zero-order valence-corrected chi connectivity index (χ0v) is 12.0. The Morgan fingerprint density at radius 1 is 1.24 bits per heavy atom. The van der Waals surface area contributed by atoms with Gasteiger partial charge >= 0.3 is 0 Å². The van der Waals surface area contributed by atoms with Gasteiger partial charge in [-0.2, -0.15) is 0 Å². The van der Waals surface area contributed by atoms with Crippen LogP contribution in [0.15, 0.2) is 36.4 Å². The number of carbonyl (C=O) groups is 1. The van der Waals surface area contributed by atoms with Crippen LogP contribution in [0.5, 0.6) is 0 Å². The molecule has 108 valence electrons. The Kier molecular flexibility index (Phi) is 3.47. The first kappa shape index (κ1) is 13.8. The summed E-state index contributed by atoms with van der Waals surface area (Å²) >= 11 is 0. The number of amides is 1. The van der Waals surface area contributed by atoms with Gasteiger partial charge in [0.15, 0.2) is 0 Å². The van der Waals surface area contributed by atoms with Crippen LogP contribution in [0.25, 0.3) is 0 Å². The van der Waals surface area contributed by atoms with E-state index >= 15 is 0 Å². The van der Waals surface area contributed by atoms with Crippen LogP contribution in [-0.4, -0.2) is 13.0 Å². The van der Waals surface area contributed by atoms with Crippen LogP contribution in [0, 0.1) is 12.7 Å². The lowest BCUT2D eigenvalue weighted by Crippen LogP contribution is -2.19. The lowest BCUT2D eigenvalue weighted by Gasteiger charge is -2.20. The van der Waals surface area contributed by atoms with Crippen molar-refractivity contribution in [2.45, 2.75) is 19.4 Å². The minimum Gasteiger partial charge on any atom is -0.326 e. The number of fused-ring (bicyclic) bond motifs is 1. The average molecular weight is 284 g/mol. The molecule has 0 aliphatic carbocycles. The standard InChI is InChI=1S/C17H17FN2O/c1-10-7-13(18)4-5-14(10)17(19-2)11-3-6-15-12(8-11)9-16(21)20-15/h3-8,17,19H,9H2,1-2H3,(H,20,21). The Morgan fingerprint density at radius 2 is 2.05 bits per heavy atom. The first-order valence-corrected chi connectivity index (χ1v) is 6.94. The number of hydrogen-bond acceptors (Lipinski definition) is 2. The second-order valence-electron chi connectivity index (χ2n) is 5.36. The van der Waals surface area contributed by atoms with Crippen molar-refractivity contribution in [1.29, 1.82) is 0 Å². The van der Waals surface area contributed by atoms with E-state index in [-0.39, 0.29) is 17.8 Å². The van der Waals surface area contributed by atoms with Crippen molar-refractivity contribution in [1.82, 2.24) is 5.32 Å². The number of anilines is 1. The highest BCUT2D eigenvalue weighted by Crippen LogP contribution is 2.30. The summed E-state index contributed by atoms with van der Waals surface area (Å²) in [6.07, 6.45) is 0.419. The average Bonchev–Trinajstić information content (AvgIpc) is 2.81. The van der Waals surface area contributed by atoms with Gasteiger partial charge in [0, 0.05) is 5.69 Å². The molecule has 3 rings (SSSR count). The first-order chi connectivity index (χ1) is 10.1. The molecule has 3 nitrogen and oxygen atoms in total. The van der Waals surface area contributed by atoms with E-state index in [9.17, 15) is 9.18 Å². The highest BCUT2D eigenvalue weighted by atomic mass is 19.1. The largest absolute Gasteiger partial charge is 0.326 e. The molecule has 1 heterocycles. The summed E-state index contributed by atoms with van der Waals surface area (Å²) in [6.45, 7) is 1.90. The van der Waals surface area contributed by atoms with Gasteiger partial charge in [0.05, 0.1) is 12.5 Å². The Morgan fingerprint density at radius 3 is 2.76 bits per heavy atom. The van der Waals surface area contributed by atoms with Crippen molar-refractivity contribution in [3.8, 4) is 0 Å². The topological polar surface area (TPSA) is 41.1 Å². The monoisotopic (exact) mass is 284 g/mol. The Balaban J connectivity index is 2.01. The normalized spacial score (nSPS) is 14.7. The smallest absolute Gasteiger partial charge is 0.228 e. The Bertz CT molecular complexity index is 712. The molecule has 0 radical (unpaired) electrons. The predicted molar refractivity (Wildman–Crippen MR) is 80.8 cm³/mol. The number of aryl methyl sites for hydroxylation is 1.